The molecule has 2 atom stereocenters. The van der Waals surface area contributed by atoms with E-state index in [0.29, 0.717) is 54.9 Å². The summed E-state index contributed by atoms with van der Waals surface area (Å²) in [6, 6.07) is 2.35. The van der Waals surface area contributed by atoms with Crippen molar-refractivity contribution in [1.82, 2.24) is 24.9 Å². The molecule has 1 spiro atoms. The molecule has 2 aromatic rings. The number of piperidine rings is 2. The number of likely N-dealkylation sites (tertiary alicyclic amines) is 1. The van der Waals surface area contributed by atoms with Crippen molar-refractivity contribution in [2.75, 3.05) is 31.2 Å². The first-order valence-electron chi connectivity index (χ1n) is 14.7. The molecule has 6 heterocycles. The Kier molecular flexibility index (Phi) is 6.65. The van der Waals surface area contributed by atoms with Crippen LogP contribution in [0.3, 0.4) is 0 Å². The van der Waals surface area contributed by atoms with Crippen molar-refractivity contribution in [1.29, 1.82) is 0 Å². The van der Waals surface area contributed by atoms with E-state index in [1.807, 2.05) is 6.20 Å². The Morgan fingerprint density at radius 2 is 1.91 bits per heavy atom. The zero-order chi connectivity index (χ0) is 30.1. The highest BCUT2D eigenvalue weighted by Gasteiger charge is 2.62. The molecule has 1 N–H and O–H groups in total. The maximum Gasteiger partial charge on any atom is 0.273 e. The van der Waals surface area contributed by atoms with E-state index in [9.17, 15) is 22.8 Å². The summed E-state index contributed by atoms with van der Waals surface area (Å²) in [6.07, 6.45) is 5.27. The van der Waals surface area contributed by atoms with E-state index in [-0.39, 0.29) is 61.7 Å². The van der Waals surface area contributed by atoms with Crippen molar-refractivity contribution in [2.24, 2.45) is 5.92 Å². The van der Waals surface area contributed by atoms with Gasteiger partial charge in [-0.15, -0.1) is 0 Å². The number of alkyl halides is 2. The van der Waals surface area contributed by atoms with Crippen molar-refractivity contribution < 1.29 is 36.3 Å². The molecule has 0 radical (unpaired) electrons. The fourth-order valence-corrected chi connectivity index (χ4v) is 8.94. The summed E-state index contributed by atoms with van der Waals surface area (Å²) in [5.41, 5.74) is 0.558. The van der Waals surface area contributed by atoms with Gasteiger partial charge in [0.2, 0.25) is 11.8 Å². The number of benzene rings is 1. The van der Waals surface area contributed by atoms with Gasteiger partial charge >= 0.3 is 0 Å². The number of aromatic nitrogens is 2. The summed E-state index contributed by atoms with van der Waals surface area (Å²) < 4.78 is 63.4. The zero-order valence-electron chi connectivity index (χ0n) is 23.6. The lowest BCUT2D eigenvalue weighted by atomic mass is 9.71. The molecule has 43 heavy (non-hydrogen) atoms. The third-order valence-corrected chi connectivity index (χ3v) is 11.5. The van der Waals surface area contributed by atoms with Crippen LogP contribution in [0, 0.1) is 5.92 Å². The number of amides is 3. The van der Waals surface area contributed by atoms with E-state index in [4.69, 9.17) is 4.74 Å². The van der Waals surface area contributed by atoms with Gasteiger partial charge in [-0.1, -0.05) is 6.07 Å². The number of fused-ring (bicyclic) bond motifs is 4. The molecule has 1 aromatic heterocycles. The summed E-state index contributed by atoms with van der Waals surface area (Å²) in [7, 11) is -2.94. The van der Waals surface area contributed by atoms with Crippen LogP contribution in [0.15, 0.2) is 24.5 Å². The minimum Gasteiger partial charge on any atom is -0.492 e. The first-order valence-corrected chi connectivity index (χ1v) is 16.5. The van der Waals surface area contributed by atoms with Crippen LogP contribution in [0.4, 0.5) is 8.78 Å². The average Bonchev–Trinajstić information content (AvgIpc) is 3.64. The molecule has 1 aromatic carbocycles. The van der Waals surface area contributed by atoms with Crippen molar-refractivity contribution >= 4 is 27.6 Å². The highest BCUT2D eigenvalue weighted by molar-refractivity contribution is 7.91. The Hall–Kier alpha value is -3.39. The fraction of sp³-hybridized carbons (Fsp3) is 0.586. The SMILES string of the molecule is O=C1CC[C@H](N2Cc3c(ccc4c3OCC43CCN(Cc4cnn(CC5CCS(=O)(=O)CC5)c4)CC3(F)F)C2=O)C(=O)N1. The maximum absolute atomic E-state index is 16.1. The Labute approximate surface area is 247 Å². The number of imide groups is 1. The molecule has 0 bridgehead atoms. The van der Waals surface area contributed by atoms with Crippen LogP contribution in [0.25, 0.3) is 0 Å². The predicted molar refractivity (Wildman–Crippen MR) is 148 cm³/mol. The second-order valence-electron chi connectivity index (χ2n) is 12.6. The number of rotatable bonds is 5. The number of hydrogen-bond donors (Lipinski definition) is 1. The first kappa shape index (κ1) is 28.4. The topological polar surface area (TPSA) is 131 Å². The number of carbonyl (C=O) groups is 3. The summed E-state index contributed by atoms with van der Waals surface area (Å²) in [5, 5.41) is 6.67. The minimum absolute atomic E-state index is 0.0675. The molecule has 230 valence electrons. The summed E-state index contributed by atoms with van der Waals surface area (Å²) >= 11 is 0. The van der Waals surface area contributed by atoms with Gasteiger partial charge in [0, 0.05) is 48.0 Å². The Morgan fingerprint density at radius 1 is 1.12 bits per heavy atom. The normalized spacial score (nSPS) is 28.6. The summed E-state index contributed by atoms with van der Waals surface area (Å²) in [5.74, 6) is -3.46. The number of sulfone groups is 1. The molecule has 3 saturated heterocycles. The molecule has 3 amide bonds. The number of halogens is 2. The third-order valence-electron chi connectivity index (χ3n) is 9.83. The van der Waals surface area contributed by atoms with Crippen LogP contribution in [0.2, 0.25) is 0 Å². The van der Waals surface area contributed by atoms with Gasteiger partial charge in [-0.2, -0.15) is 5.10 Å². The van der Waals surface area contributed by atoms with Crippen molar-refractivity contribution in [3.05, 3.63) is 46.8 Å². The van der Waals surface area contributed by atoms with E-state index < -0.39 is 39.7 Å². The zero-order valence-corrected chi connectivity index (χ0v) is 24.4. The van der Waals surface area contributed by atoms with Gasteiger partial charge in [0.1, 0.15) is 28.2 Å². The molecule has 11 nitrogen and oxygen atoms in total. The molecule has 5 aliphatic rings. The van der Waals surface area contributed by atoms with Gasteiger partial charge in [0.15, 0.2) is 0 Å². The first-order chi connectivity index (χ1) is 20.4. The van der Waals surface area contributed by atoms with Gasteiger partial charge in [-0.05, 0) is 44.2 Å². The lowest BCUT2D eigenvalue weighted by molar-refractivity contribution is -0.137. The molecule has 14 heteroatoms. The second kappa shape index (κ2) is 10.1. The molecule has 3 fully saturated rings. The highest BCUT2D eigenvalue weighted by atomic mass is 32.2. The Morgan fingerprint density at radius 3 is 2.65 bits per heavy atom. The summed E-state index contributed by atoms with van der Waals surface area (Å²) in [6.45, 7) is 0.760. The fourth-order valence-electron chi connectivity index (χ4n) is 7.35. The highest BCUT2D eigenvalue weighted by Crippen LogP contribution is 2.55. The number of ether oxygens (including phenoxy) is 1. The molecule has 0 aliphatic carbocycles. The van der Waals surface area contributed by atoms with Crippen LogP contribution >= 0.6 is 0 Å². The minimum atomic E-state index is -3.11. The van der Waals surface area contributed by atoms with Gasteiger partial charge in [0.05, 0.1) is 36.2 Å². The number of nitrogens with zero attached hydrogens (tertiary/aromatic N) is 4. The van der Waals surface area contributed by atoms with Gasteiger partial charge < -0.3 is 9.64 Å². The van der Waals surface area contributed by atoms with Crippen molar-refractivity contribution in [3.63, 3.8) is 0 Å². The van der Waals surface area contributed by atoms with Crippen LogP contribution in [0.1, 0.15) is 59.2 Å². The van der Waals surface area contributed by atoms with Crippen LogP contribution in [0.5, 0.6) is 5.75 Å². The molecule has 1 unspecified atom stereocenters. The largest absolute Gasteiger partial charge is 0.492 e. The monoisotopic (exact) mass is 617 g/mol. The quantitative estimate of drug-likeness (QED) is 0.502. The van der Waals surface area contributed by atoms with E-state index in [1.54, 1.807) is 27.9 Å². The van der Waals surface area contributed by atoms with E-state index in [1.165, 1.54) is 4.90 Å². The molecule has 0 saturated carbocycles. The Balaban J connectivity index is 1.04. The number of hydrogen-bond acceptors (Lipinski definition) is 8. The van der Waals surface area contributed by atoms with E-state index >= 15 is 8.78 Å². The molecular formula is C29H33F2N5O6S. The number of nitrogens with one attached hydrogen (secondary N) is 1. The smallest absolute Gasteiger partial charge is 0.273 e. The maximum atomic E-state index is 16.1. The second-order valence-corrected chi connectivity index (χ2v) is 14.9. The van der Waals surface area contributed by atoms with Crippen LogP contribution in [-0.2, 0) is 44.5 Å². The van der Waals surface area contributed by atoms with Crippen LogP contribution in [-0.4, -0.2) is 88.9 Å². The van der Waals surface area contributed by atoms with E-state index in [2.05, 4.69) is 10.4 Å². The van der Waals surface area contributed by atoms with Crippen molar-refractivity contribution in [3.8, 4) is 5.75 Å². The van der Waals surface area contributed by atoms with Crippen LogP contribution < -0.4 is 10.1 Å². The Bertz CT molecular complexity index is 1610. The number of carbonyl (C=O) groups excluding carboxylic acids is 3. The lowest BCUT2D eigenvalue weighted by Gasteiger charge is -2.44. The van der Waals surface area contributed by atoms with Crippen molar-refractivity contribution in [2.45, 2.75) is 69.1 Å². The molecule has 7 rings (SSSR count). The molecule has 5 aliphatic heterocycles. The molecular weight excluding hydrogens is 584 g/mol. The standard InChI is InChI=1S/C29H33F2N5O6S/c30-29(31)16-34(12-19-11-32-35(14-19)13-18-5-9-43(40,41)10-6-18)8-7-28(29)17-42-25-21-15-36(23-3-4-24(37)33-26(23)38)27(39)20(21)1-2-22(25)28/h1-2,11,14,18,23H,3-10,12-13,15-17H2,(H,33,37,38)/t23-,28?/m0/s1. The predicted octanol–water partition coefficient (Wildman–Crippen LogP) is 1.64. The van der Waals surface area contributed by atoms with Gasteiger partial charge in [-0.3, -0.25) is 29.3 Å². The van der Waals surface area contributed by atoms with Gasteiger partial charge in [-0.25, -0.2) is 17.2 Å². The van der Waals surface area contributed by atoms with Gasteiger partial charge in [0.25, 0.3) is 11.8 Å². The average molecular weight is 618 g/mol. The third kappa shape index (κ3) is 4.82. The van der Waals surface area contributed by atoms with E-state index in [0.717, 1.165) is 5.56 Å². The summed E-state index contributed by atoms with van der Waals surface area (Å²) in [4.78, 5) is 40.3. The lowest BCUT2D eigenvalue weighted by Crippen LogP contribution is -2.58.